The van der Waals surface area contributed by atoms with Crippen molar-refractivity contribution in [3.63, 3.8) is 0 Å². The number of benzene rings is 2. The average Bonchev–Trinajstić information content (AvgIpc) is 2.49. The summed E-state index contributed by atoms with van der Waals surface area (Å²) in [6.07, 6.45) is 0. The Balaban J connectivity index is 2.12. The smallest absolute Gasteiger partial charge is 0.128 e. The van der Waals surface area contributed by atoms with Gasteiger partial charge in [-0.2, -0.15) is 0 Å². The molecule has 1 aliphatic heterocycles. The van der Waals surface area contributed by atoms with Gasteiger partial charge in [-0.15, -0.1) is 0 Å². The van der Waals surface area contributed by atoms with E-state index in [4.69, 9.17) is 4.74 Å². The van der Waals surface area contributed by atoms with Crippen molar-refractivity contribution in [3.05, 3.63) is 58.9 Å². The standard InChI is InChI=1S/C17H15FO3/c1-10-14-7-13(20)3-5-17(14)21-9-15(10)11-2-4-16(18)12(6-11)8-19/h2-7,19-20H,8-9H2,1H3. The van der Waals surface area contributed by atoms with E-state index in [1.165, 1.54) is 6.07 Å². The van der Waals surface area contributed by atoms with Crippen molar-refractivity contribution in [1.29, 1.82) is 0 Å². The number of phenolic OH excluding ortho intramolecular Hbond substituents is 1. The molecule has 1 heterocycles. The molecule has 0 atom stereocenters. The van der Waals surface area contributed by atoms with Gasteiger partial charge in [0.2, 0.25) is 0 Å². The normalized spacial score (nSPS) is 13.9. The van der Waals surface area contributed by atoms with Crippen molar-refractivity contribution in [2.75, 3.05) is 6.61 Å². The summed E-state index contributed by atoms with van der Waals surface area (Å²) in [5.74, 6) is 0.473. The molecule has 21 heavy (non-hydrogen) atoms. The molecule has 0 saturated heterocycles. The number of rotatable bonds is 2. The summed E-state index contributed by atoms with van der Waals surface area (Å²) in [6.45, 7) is 1.97. The average molecular weight is 286 g/mol. The maximum Gasteiger partial charge on any atom is 0.128 e. The molecule has 0 unspecified atom stereocenters. The lowest BCUT2D eigenvalue weighted by molar-refractivity contribution is 0.275. The van der Waals surface area contributed by atoms with Gasteiger partial charge in [-0.25, -0.2) is 4.39 Å². The predicted octanol–water partition coefficient (Wildman–Crippen LogP) is 3.35. The van der Waals surface area contributed by atoms with Crippen molar-refractivity contribution in [2.24, 2.45) is 0 Å². The van der Waals surface area contributed by atoms with E-state index in [0.29, 0.717) is 6.61 Å². The van der Waals surface area contributed by atoms with Crippen LogP contribution in [0.4, 0.5) is 4.39 Å². The van der Waals surface area contributed by atoms with Crippen LogP contribution >= 0.6 is 0 Å². The lowest BCUT2D eigenvalue weighted by Gasteiger charge is -2.23. The molecule has 0 aliphatic carbocycles. The second-order valence-corrected chi connectivity index (χ2v) is 5.04. The summed E-state index contributed by atoms with van der Waals surface area (Å²) in [6, 6.07) is 9.61. The van der Waals surface area contributed by atoms with Crippen LogP contribution in [0.1, 0.15) is 23.6 Å². The molecule has 2 aromatic rings. The molecule has 0 amide bonds. The minimum Gasteiger partial charge on any atom is -0.508 e. The molecule has 0 radical (unpaired) electrons. The number of aliphatic hydroxyl groups excluding tert-OH is 1. The Labute approximate surface area is 121 Å². The Kier molecular flexibility index (Phi) is 3.39. The van der Waals surface area contributed by atoms with Gasteiger partial charge in [-0.1, -0.05) is 6.07 Å². The van der Waals surface area contributed by atoms with E-state index in [1.54, 1.807) is 30.3 Å². The number of allylic oxidation sites excluding steroid dienone is 1. The molecule has 1 aliphatic rings. The monoisotopic (exact) mass is 286 g/mol. The first-order valence-electron chi connectivity index (χ1n) is 6.65. The lowest BCUT2D eigenvalue weighted by Crippen LogP contribution is -2.10. The molecule has 108 valence electrons. The van der Waals surface area contributed by atoms with Gasteiger partial charge in [-0.05, 0) is 48.4 Å². The Morgan fingerprint density at radius 1 is 1.19 bits per heavy atom. The maximum absolute atomic E-state index is 13.5. The van der Waals surface area contributed by atoms with E-state index < -0.39 is 5.82 Å². The molecule has 3 rings (SSSR count). The Morgan fingerprint density at radius 2 is 2.00 bits per heavy atom. The van der Waals surface area contributed by atoms with Crippen LogP contribution in [0, 0.1) is 5.82 Å². The first-order valence-corrected chi connectivity index (χ1v) is 6.65. The number of hydrogen-bond acceptors (Lipinski definition) is 3. The van der Waals surface area contributed by atoms with E-state index in [2.05, 4.69) is 0 Å². The van der Waals surface area contributed by atoms with Crippen LogP contribution in [0.15, 0.2) is 36.4 Å². The van der Waals surface area contributed by atoms with Crippen LogP contribution in [0.5, 0.6) is 11.5 Å². The fraction of sp³-hybridized carbons (Fsp3) is 0.176. The Hall–Kier alpha value is -2.33. The number of aromatic hydroxyl groups is 1. The Morgan fingerprint density at radius 3 is 2.76 bits per heavy atom. The summed E-state index contributed by atoms with van der Waals surface area (Å²) in [4.78, 5) is 0. The largest absolute Gasteiger partial charge is 0.508 e. The molecule has 0 spiro atoms. The molecule has 0 aromatic heterocycles. The highest BCUT2D eigenvalue weighted by molar-refractivity contribution is 5.93. The number of aliphatic hydroxyl groups is 1. The van der Waals surface area contributed by atoms with E-state index in [0.717, 1.165) is 28.0 Å². The molecule has 2 N–H and O–H groups in total. The van der Waals surface area contributed by atoms with Gasteiger partial charge in [0.05, 0.1) is 6.61 Å². The van der Waals surface area contributed by atoms with Gasteiger partial charge in [0, 0.05) is 16.7 Å². The Bertz CT molecular complexity index is 735. The molecular formula is C17H15FO3. The van der Waals surface area contributed by atoms with Crippen molar-refractivity contribution in [1.82, 2.24) is 0 Å². The molecular weight excluding hydrogens is 271 g/mol. The van der Waals surface area contributed by atoms with Crippen LogP contribution in [-0.2, 0) is 6.61 Å². The van der Waals surface area contributed by atoms with Gasteiger partial charge in [0.15, 0.2) is 0 Å². The molecule has 0 saturated carbocycles. The van der Waals surface area contributed by atoms with Crippen molar-refractivity contribution in [2.45, 2.75) is 13.5 Å². The SMILES string of the molecule is CC1=C(c2ccc(F)c(CO)c2)COc2ccc(O)cc21. The zero-order valence-electron chi connectivity index (χ0n) is 11.6. The van der Waals surface area contributed by atoms with E-state index in [1.807, 2.05) is 6.92 Å². The summed E-state index contributed by atoms with van der Waals surface area (Å²) < 4.78 is 19.2. The van der Waals surface area contributed by atoms with Crippen molar-refractivity contribution < 1.29 is 19.3 Å². The molecule has 3 nitrogen and oxygen atoms in total. The molecule has 0 bridgehead atoms. The lowest BCUT2D eigenvalue weighted by atomic mass is 9.93. The third-order valence-corrected chi connectivity index (χ3v) is 3.76. The third-order valence-electron chi connectivity index (χ3n) is 3.76. The highest BCUT2D eigenvalue weighted by Crippen LogP contribution is 2.38. The van der Waals surface area contributed by atoms with Gasteiger partial charge >= 0.3 is 0 Å². The zero-order valence-corrected chi connectivity index (χ0v) is 11.6. The quantitative estimate of drug-likeness (QED) is 0.890. The number of phenols is 1. The second-order valence-electron chi connectivity index (χ2n) is 5.04. The molecule has 4 heteroatoms. The van der Waals surface area contributed by atoms with Gasteiger partial charge in [-0.3, -0.25) is 0 Å². The number of halogens is 1. The summed E-state index contributed by atoms with van der Waals surface area (Å²) >= 11 is 0. The first kappa shape index (κ1) is 13.6. The van der Waals surface area contributed by atoms with Crippen LogP contribution in [-0.4, -0.2) is 16.8 Å². The van der Waals surface area contributed by atoms with Crippen molar-refractivity contribution in [3.8, 4) is 11.5 Å². The summed E-state index contributed by atoms with van der Waals surface area (Å²) in [5.41, 5.74) is 3.79. The number of hydrogen-bond donors (Lipinski definition) is 2. The van der Waals surface area contributed by atoms with Crippen LogP contribution in [0.3, 0.4) is 0 Å². The van der Waals surface area contributed by atoms with Crippen LogP contribution in [0.2, 0.25) is 0 Å². The van der Waals surface area contributed by atoms with E-state index in [9.17, 15) is 14.6 Å². The fourth-order valence-corrected chi connectivity index (χ4v) is 2.54. The van der Waals surface area contributed by atoms with Crippen molar-refractivity contribution >= 4 is 11.1 Å². The summed E-state index contributed by atoms with van der Waals surface area (Å²) in [5, 5.41) is 18.8. The number of ether oxygens (including phenoxy) is 1. The highest BCUT2D eigenvalue weighted by atomic mass is 19.1. The van der Waals surface area contributed by atoms with Gasteiger partial charge < -0.3 is 14.9 Å². The third kappa shape index (κ3) is 2.38. The van der Waals surface area contributed by atoms with Gasteiger partial charge in [0.25, 0.3) is 0 Å². The fourth-order valence-electron chi connectivity index (χ4n) is 2.54. The molecule has 0 fully saturated rings. The van der Waals surface area contributed by atoms with E-state index >= 15 is 0 Å². The predicted molar refractivity (Wildman–Crippen MR) is 78.4 cm³/mol. The maximum atomic E-state index is 13.5. The summed E-state index contributed by atoms with van der Waals surface area (Å²) in [7, 11) is 0. The first-order chi connectivity index (χ1) is 10.1. The minimum atomic E-state index is -0.422. The molecule has 2 aromatic carbocycles. The van der Waals surface area contributed by atoms with Crippen LogP contribution in [0.25, 0.3) is 11.1 Å². The number of fused-ring (bicyclic) bond motifs is 1. The minimum absolute atomic E-state index is 0.174. The van der Waals surface area contributed by atoms with E-state index in [-0.39, 0.29) is 17.9 Å². The topological polar surface area (TPSA) is 49.7 Å². The zero-order chi connectivity index (χ0) is 15.0. The van der Waals surface area contributed by atoms with Crippen LogP contribution < -0.4 is 4.74 Å². The van der Waals surface area contributed by atoms with Gasteiger partial charge in [0.1, 0.15) is 23.9 Å². The highest BCUT2D eigenvalue weighted by Gasteiger charge is 2.19. The second kappa shape index (κ2) is 5.22.